The number of pyridine rings is 1. The van der Waals surface area contributed by atoms with Crippen molar-refractivity contribution in [2.45, 2.75) is 6.92 Å². The summed E-state index contributed by atoms with van der Waals surface area (Å²) in [6, 6.07) is 10.9. The zero-order chi connectivity index (χ0) is 13.7. The molecule has 0 fully saturated rings. The maximum absolute atomic E-state index is 5.64. The molecule has 0 saturated carbocycles. The Morgan fingerprint density at radius 1 is 1.11 bits per heavy atom. The first-order valence-electron chi connectivity index (χ1n) is 5.85. The maximum atomic E-state index is 5.64. The van der Waals surface area contributed by atoms with Gasteiger partial charge in [-0.15, -0.1) is 0 Å². The normalized spacial score (nSPS) is 9.95. The summed E-state index contributed by atoms with van der Waals surface area (Å²) in [5, 5.41) is 0. The van der Waals surface area contributed by atoms with Gasteiger partial charge in [-0.3, -0.25) is 0 Å². The van der Waals surface area contributed by atoms with E-state index >= 15 is 0 Å². The molecular formula is C14H14N2O2S. The van der Waals surface area contributed by atoms with Gasteiger partial charge in [0.25, 0.3) is 0 Å². The number of ether oxygens (including phenoxy) is 2. The Kier molecular flexibility index (Phi) is 4.30. The van der Waals surface area contributed by atoms with Crippen molar-refractivity contribution in [3.05, 3.63) is 48.3 Å². The van der Waals surface area contributed by atoms with E-state index in [1.165, 1.54) is 0 Å². The lowest BCUT2D eigenvalue weighted by molar-refractivity contribution is 0.339. The van der Waals surface area contributed by atoms with Gasteiger partial charge in [0, 0.05) is 0 Å². The van der Waals surface area contributed by atoms with Crippen LogP contribution in [-0.2, 0) is 0 Å². The average Bonchev–Trinajstić information content (AvgIpc) is 2.42. The minimum atomic E-state index is 0.271. The van der Waals surface area contributed by atoms with Crippen LogP contribution in [0.3, 0.4) is 0 Å². The van der Waals surface area contributed by atoms with Gasteiger partial charge in [-0.2, -0.15) is 0 Å². The lowest BCUT2D eigenvalue weighted by Gasteiger charge is -2.07. The molecule has 0 aliphatic rings. The molecule has 0 aliphatic heterocycles. The molecule has 0 spiro atoms. The number of nitrogens with zero attached hydrogens (tertiary/aromatic N) is 1. The van der Waals surface area contributed by atoms with Gasteiger partial charge in [0.05, 0.1) is 18.5 Å². The summed E-state index contributed by atoms with van der Waals surface area (Å²) in [5.74, 6) is 2.16. The molecule has 0 radical (unpaired) electrons. The molecular weight excluding hydrogens is 260 g/mol. The van der Waals surface area contributed by atoms with Crippen molar-refractivity contribution in [2.75, 3.05) is 6.61 Å². The molecule has 98 valence electrons. The highest BCUT2D eigenvalue weighted by atomic mass is 32.1. The first kappa shape index (κ1) is 13.3. The van der Waals surface area contributed by atoms with E-state index in [0.717, 1.165) is 5.75 Å². The molecule has 2 rings (SSSR count). The summed E-state index contributed by atoms with van der Waals surface area (Å²) < 4.78 is 11.0. The third kappa shape index (κ3) is 3.66. The Hall–Kier alpha value is -2.14. The summed E-state index contributed by atoms with van der Waals surface area (Å²) >= 11 is 4.83. The van der Waals surface area contributed by atoms with Gasteiger partial charge in [0.2, 0.25) is 0 Å². The van der Waals surface area contributed by atoms with Crippen LogP contribution in [-0.4, -0.2) is 16.6 Å². The summed E-state index contributed by atoms with van der Waals surface area (Å²) in [7, 11) is 0. The summed E-state index contributed by atoms with van der Waals surface area (Å²) in [5.41, 5.74) is 6.05. The zero-order valence-corrected chi connectivity index (χ0v) is 11.3. The molecule has 0 bridgehead atoms. The number of nitrogens with two attached hydrogens (primary N) is 1. The van der Waals surface area contributed by atoms with Crippen LogP contribution in [0.4, 0.5) is 0 Å². The maximum Gasteiger partial charge on any atom is 0.145 e. The van der Waals surface area contributed by atoms with Gasteiger partial charge in [-0.1, -0.05) is 12.2 Å². The Balaban J connectivity index is 2.06. The third-order valence-electron chi connectivity index (χ3n) is 2.36. The second kappa shape index (κ2) is 6.15. The smallest absolute Gasteiger partial charge is 0.145 e. The van der Waals surface area contributed by atoms with E-state index in [1.807, 2.05) is 31.2 Å². The van der Waals surface area contributed by atoms with Crippen molar-refractivity contribution < 1.29 is 9.47 Å². The van der Waals surface area contributed by atoms with Crippen LogP contribution in [0, 0.1) is 0 Å². The number of hydrogen-bond donors (Lipinski definition) is 1. The second-order valence-corrected chi connectivity index (χ2v) is 4.19. The zero-order valence-electron chi connectivity index (χ0n) is 10.5. The van der Waals surface area contributed by atoms with Gasteiger partial charge in [-0.25, -0.2) is 4.98 Å². The highest BCUT2D eigenvalue weighted by Gasteiger charge is 2.01. The first-order chi connectivity index (χ1) is 9.19. The van der Waals surface area contributed by atoms with E-state index < -0.39 is 0 Å². The summed E-state index contributed by atoms with van der Waals surface area (Å²) in [6.45, 7) is 2.59. The fourth-order valence-corrected chi connectivity index (χ4v) is 1.61. The summed E-state index contributed by atoms with van der Waals surface area (Å²) in [6.07, 6.45) is 1.59. The molecule has 1 aromatic heterocycles. The highest BCUT2D eigenvalue weighted by Crippen LogP contribution is 2.23. The molecule has 0 atom stereocenters. The minimum absolute atomic E-state index is 0.271. The number of rotatable bonds is 5. The van der Waals surface area contributed by atoms with E-state index in [-0.39, 0.29) is 4.99 Å². The van der Waals surface area contributed by atoms with Crippen LogP contribution in [0.2, 0.25) is 0 Å². The predicted octanol–water partition coefficient (Wildman–Crippen LogP) is 2.91. The fraction of sp³-hybridized carbons (Fsp3) is 0.143. The molecule has 0 saturated heterocycles. The Morgan fingerprint density at radius 3 is 2.26 bits per heavy atom. The van der Waals surface area contributed by atoms with E-state index in [9.17, 15) is 0 Å². The van der Waals surface area contributed by atoms with Crippen molar-refractivity contribution in [1.29, 1.82) is 0 Å². The highest BCUT2D eigenvalue weighted by molar-refractivity contribution is 7.80. The standard InChI is InChI=1S/C14H14N2O2S/c1-2-17-10-3-5-11(6-4-10)18-12-7-8-13(14(15)19)16-9-12/h3-9H,2H2,1H3,(H2,15,19). The van der Waals surface area contributed by atoms with Gasteiger partial charge >= 0.3 is 0 Å². The fourth-order valence-electron chi connectivity index (χ4n) is 1.49. The Bertz CT molecular complexity index is 553. The number of aromatic nitrogens is 1. The Morgan fingerprint density at radius 2 is 1.74 bits per heavy atom. The van der Waals surface area contributed by atoms with Crippen molar-refractivity contribution >= 4 is 17.2 Å². The van der Waals surface area contributed by atoms with Crippen molar-refractivity contribution in [1.82, 2.24) is 4.98 Å². The molecule has 2 N–H and O–H groups in total. The lowest BCUT2D eigenvalue weighted by Crippen LogP contribution is -2.10. The van der Waals surface area contributed by atoms with Crippen LogP contribution in [0.25, 0.3) is 0 Å². The van der Waals surface area contributed by atoms with E-state index in [4.69, 9.17) is 27.4 Å². The third-order valence-corrected chi connectivity index (χ3v) is 2.57. The molecule has 1 heterocycles. The molecule has 0 unspecified atom stereocenters. The predicted molar refractivity (Wildman–Crippen MR) is 77.8 cm³/mol. The SMILES string of the molecule is CCOc1ccc(Oc2ccc(C(N)=S)nc2)cc1. The molecule has 5 heteroatoms. The lowest BCUT2D eigenvalue weighted by atomic mass is 10.3. The topological polar surface area (TPSA) is 57.4 Å². The van der Waals surface area contributed by atoms with Crippen LogP contribution in [0.15, 0.2) is 42.6 Å². The van der Waals surface area contributed by atoms with Gasteiger partial charge in [0.15, 0.2) is 0 Å². The van der Waals surface area contributed by atoms with Gasteiger partial charge in [-0.05, 0) is 43.3 Å². The largest absolute Gasteiger partial charge is 0.494 e. The number of thiocarbonyl (C=S) groups is 1. The van der Waals surface area contributed by atoms with E-state index in [1.54, 1.807) is 18.3 Å². The monoisotopic (exact) mass is 274 g/mol. The Labute approximate surface area is 117 Å². The number of benzene rings is 1. The minimum Gasteiger partial charge on any atom is -0.494 e. The molecule has 4 nitrogen and oxygen atoms in total. The van der Waals surface area contributed by atoms with E-state index in [2.05, 4.69) is 4.98 Å². The van der Waals surface area contributed by atoms with Gasteiger partial charge in [0.1, 0.15) is 22.2 Å². The second-order valence-electron chi connectivity index (χ2n) is 3.75. The van der Waals surface area contributed by atoms with Crippen LogP contribution >= 0.6 is 12.2 Å². The average molecular weight is 274 g/mol. The molecule has 19 heavy (non-hydrogen) atoms. The first-order valence-corrected chi connectivity index (χ1v) is 6.26. The van der Waals surface area contributed by atoms with Crippen molar-refractivity contribution in [2.24, 2.45) is 5.73 Å². The molecule has 0 aliphatic carbocycles. The summed E-state index contributed by atoms with van der Waals surface area (Å²) in [4.78, 5) is 4.38. The van der Waals surface area contributed by atoms with Gasteiger partial charge < -0.3 is 15.2 Å². The van der Waals surface area contributed by atoms with Crippen LogP contribution < -0.4 is 15.2 Å². The molecule has 1 aromatic carbocycles. The quantitative estimate of drug-likeness (QED) is 0.850. The van der Waals surface area contributed by atoms with Crippen LogP contribution in [0.1, 0.15) is 12.6 Å². The van der Waals surface area contributed by atoms with Crippen molar-refractivity contribution in [3.8, 4) is 17.2 Å². The molecule has 0 amide bonds. The van der Waals surface area contributed by atoms with Crippen molar-refractivity contribution in [3.63, 3.8) is 0 Å². The van der Waals surface area contributed by atoms with Crippen LogP contribution in [0.5, 0.6) is 17.2 Å². The van der Waals surface area contributed by atoms with E-state index in [0.29, 0.717) is 23.8 Å². The molecule has 2 aromatic rings. The number of hydrogen-bond acceptors (Lipinski definition) is 4.